The van der Waals surface area contributed by atoms with Gasteiger partial charge in [-0.3, -0.25) is 0 Å². The van der Waals surface area contributed by atoms with Crippen LogP contribution in [-0.4, -0.2) is 21.8 Å². The molecule has 0 atom stereocenters. The van der Waals surface area contributed by atoms with Crippen LogP contribution in [0.4, 0.5) is 10.2 Å². The molecule has 2 heterocycles. The van der Waals surface area contributed by atoms with Gasteiger partial charge in [0.2, 0.25) is 5.82 Å². The SMILES string of the molecule is Fc1cccc(COc2nsnc2N2CCCC2)c1. The Kier molecular flexibility index (Phi) is 3.59. The van der Waals surface area contributed by atoms with E-state index in [1.807, 2.05) is 6.07 Å². The molecular formula is C13H14FN3OS. The van der Waals surface area contributed by atoms with Crippen LogP contribution < -0.4 is 9.64 Å². The molecule has 4 nitrogen and oxygen atoms in total. The van der Waals surface area contributed by atoms with Gasteiger partial charge in [0.15, 0.2) is 0 Å². The first-order valence-corrected chi connectivity index (χ1v) is 7.01. The summed E-state index contributed by atoms with van der Waals surface area (Å²) in [6, 6.07) is 6.39. The molecule has 0 bridgehead atoms. The van der Waals surface area contributed by atoms with E-state index < -0.39 is 0 Å². The Labute approximate surface area is 115 Å². The van der Waals surface area contributed by atoms with Crippen molar-refractivity contribution in [2.45, 2.75) is 19.4 Å². The normalized spacial score (nSPS) is 14.9. The van der Waals surface area contributed by atoms with Gasteiger partial charge < -0.3 is 9.64 Å². The van der Waals surface area contributed by atoms with Crippen molar-refractivity contribution in [1.29, 1.82) is 0 Å². The van der Waals surface area contributed by atoms with Crippen molar-refractivity contribution in [2.24, 2.45) is 0 Å². The van der Waals surface area contributed by atoms with Crippen molar-refractivity contribution in [3.63, 3.8) is 0 Å². The minimum absolute atomic E-state index is 0.253. The lowest BCUT2D eigenvalue weighted by Crippen LogP contribution is -2.18. The molecule has 3 rings (SSSR count). The Morgan fingerprint density at radius 3 is 2.89 bits per heavy atom. The van der Waals surface area contributed by atoms with Gasteiger partial charge >= 0.3 is 0 Å². The number of rotatable bonds is 4. The number of hydrogen-bond acceptors (Lipinski definition) is 5. The molecule has 2 aromatic rings. The zero-order chi connectivity index (χ0) is 13.1. The van der Waals surface area contributed by atoms with Crippen LogP contribution in [0.2, 0.25) is 0 Å². The summed E-state index contributed by atoms with van der Waals surface area (Å²) < 4.78 is 27.2. The smallest absolute Gasteiger partial charge is 0.271 e. The van der Waals surface area contributed by atoms with E-state index in [0.29, 0.717) is 12.5 Å². The molecule has 0 saturated carbocycles. The van der Waals surface area contributed by atoms with E-state index in [0.717, 1.165) is 36.2 Å². The van der Waals surface area contributed by atoms with E-state index >= 15 is 0 Å². The van der Waals surface area contributed by atoms with Crippen LogP contribution in [0, 0.1) is 5.82 Å². The predicted molar refractivity (Wildman–Crippen MR) is 72.1 cm³/mol. The third kappa shape index (κ3) is 2.84. The summed E-state index contributed by atoms with van der Waals surface area (Å²) in [6.07, 6.45) is 2.36. The van der Waals surface area contributed by atoms with Crippen molar-refractivity contribution in [2.75, 3.05) is 18.0 Å². The molecule has 1 saturated heterocycles. The fraction of sp³-hybridized carbons (Fsp3) is 0.385. The highest BCUT2D eigenvalue weighted by molar-refractivity contribution is 6.99. The Balaban J connectivity index is 1.68. The fourth-order valence-electron chi connectivity index (χ4n) is 2.17. The molecule has 19 heavy (non-hydrogen) atoms. The number of anilines is 1. The summed E-state index contributed by atoms with van der Waals surface area (Å²) in [7, 11) is 0. The predicted octanol–water partition coefficient (Wildman–Crippen LogP) is 2.86. The monoisotopic (exact) mass is 279 g/mol. The van der Waals surface area contributed by atoms with E-state index in [9.17, 15) is 4.39 Å². The van der Waals surface area contributed by atoms with Crippen molar-refractivity contribution < 1.29 is 9.13 Å². The Hall–Kier alpha value is -1.69. The molecule has 0 radical (unpaired) electrons. The van der Waals surface area contributed by atoms with Gasteiger partial charge in [-0.2, -0.15) is 4.37 Å². The van der Waals surface area contributed by atoms with E-state index in [4.69, 9.17) is 4.74 Å². The minimum Gasteiger partial charge on any atom is -0.470 e. The van der Waals surface area contributed by atoms with Crippen LogP contribution in [0.1, 0.15) is 18.4 Å². The average Bonchev–Trinajstić information content (AvgIpc) is 3.07. The van der Waals surface area contributed by atoms with Crippen LogP contribution in [0.15, 0.2) is 24.3 Å². The number of nitrogens with zero attached hydrogens (tertiary/aromatic N) is 3. The summed E-state index contributed by atoms with van der Waals surface area (Å²) in [5, 5.41) is 0. The second-order valence-electron chi connectivity index (χ2n) is 4.51. The molecule has 0 aliphatic carbocycles. The first-order valence-electron chi connectivity index (χ1n) is 6.28. The number of aromatic nitrogens is 2. The first-order chi connectivity index (χ1) is 9.33. The average molecular weight is 279 g/mol. The second-order valence-corrected chi connectivity index (χ2v) is 5.03. The molecule has 0 amide bonds. The molecule has 0 unspecified atom stereocenters. The lowest BCUT2D eigenvalue weighted by molar-refractivity contribution is 0.296. The maximum Gasteiger partial charge on any atom is 0.271 e. The summed E-state index contributed by atoms with van der Waals surface area (Å²) in [6.45, 7) is 2.31. The van der Waals surface area contributed by atoms with Gasteiger partial charge in [-0.25, -0.2) is 4.39 Å². The molecule has 0 spiro atoms. The van der Waals surface area contributed by atoms with Crippen LogP contribution in [-0.2, 0) is 6.61 Å². The quantitative estimate of drug-likeness (QED) is 0.862. The number of hydrogen-bond donors (Lipinski definition) is 0. The second kappa shape index (κ2) is 5.52. The largest absolute Gasteiger partial charge is 0.470 e. The molecule has 1 fully saturated rings. The van der Waals surface area contributed by atoms with Crippen molar-refractivity contribution >= 4 is 17.5 Å². The molecule has 1 aliphatic rings. The third-order valence-electron chi connectivity index (χ3n) is 3.11. The van der Waals surface area contributed by atoms with Crippen LogP contribution in [0.25, 0.3) is 0 Å². The van der Waals surface area contributed by atoms with Gasteiger partial charge in [0.25, 0.3) is 5.88 Å². The van der Waals surface area contributed by atoms with E-state index in [2.05, 4.69) is 13.6 Å². The maximum atomic E-state index is 13.1. The molecular weight excluding hydrogens is 265 g/mol. The molecule has 6 heteroatoms. The highest BCUT2D eigenvalue weighted by atomic mass is 32.1. The maximum absolute atomic E-state index is 13.1. The molecule has 1 aliphatic heterocycles. The first kappa shape index (κ1) is 12.3. The zero-order valence-corrected chi connectivity index (χ0v) is 11.2. The number of benzene rings is 1. The van der Waals surface area contributed by atoms with E-state index in [-0.39, 0.29) is 5.82 Å². The fourth-order valence-corrected chi connectivity index (χ4v) is 2.69. The zero-order valence-electron chi connectivity index (χ0n) is 10.4. The van der Waals surface area contributed by atoms with Gasteiger partial charge in [-0.1, -0.05) is 12.1 Å². The lowest BCUT2D eigenvalue weighted by Gasteiger charge is -2.15. The van der Waals surface area contributed by atoms with Crippen molar-refractivity contribution in [3.05, 3.63) is 35.6 Å². The van der Waals surface area contributed by atoms with E-state index in [1.54, 1.807) is 6.07 Å². The molecule has 0 N–H and O–H groups in total. The van der Waals surface area contributed by atoms with Gasteiger partial charge in [0.05, 0.1) is 11.7 Å². The van der Waals surface area contributed by atoms with E-state index in [1.165, 1.54) is 25.0 Å². The van der Waals surface area contributed by atoms with Crippen LogP contribution >= 0.6 is 11.7 Å². The molecule has 100 valence electrons. The third-order valence-corrected chi connectivity index (χ3v) is 3.61. The molecule has 1 aromatic heterocycles. The van der Waals surface area contributed by atoms with Gasteiger partial charge in [-0.15, -0.1) is 4.37 Å². The van der Waals surface area contributed by atoms with Gasteiger partial charge in [-0.05, 0) is 30.5 Å². The summed E-state index contributed by atoms with van der Waals surface area (Å²) in [5.74, 6) is 1.12. The van der Waals surface area contributed by atoms with Crippen LogP contribution in [0.3, 0.4) is 0 Å². The number of halogens is 1. The highest BCUT2D eigenvalue weighted by Gasteiger charge is 2.20. The Morgan fingerprint density at radius 1 is 1.26 bits per heavy atom. The minimum atomic E-state index is -0.253. The Morgan fingerprint density at radius 2 is 2.11 bits per heavy atom. The van der Waals surface area contributed by atoms with Crippen LogP contribution in [0.5, 0.6) is 5.88 Å². The summed E-state index contributed by atoms with van der Waals surface area (Å²) >= 11 is 1.15. The Bertz CT molecular complexity index is 554. The van der Waals surface area contributed by atoms with Crippen molar-refractivity contribution in [3.8, 4) is 5.88 Å². The summed E-state index contributed by atoms with van der Waals surface area (Å²) in [4.78, 5) is 2.18. The van der Waals surface area contributed by atoms with Gasteiger partial charge in [0, 0.05) is 13.1 Å². The summed E-state index contributed by atoms with van der Waals surface area (Å²) in [5.41, 5.74) is 0.792. The molecule has 1 aromatic carbocycles. The number of ether oxygens (including phenoxy) is 1. The highest BCUT2D eigenvalue weighted by Crippen LogP contribution is 2.29. The standard InChI is InChI=1S/C13H14FN3OS/c14-11-5-3-4-10(8-11)9-18-13-12(15-19-16-13)17-6-1-2-7-17/h3-5,8H,1-2,6-7,9H2. The van der Waals surface area contributed by atoms with Gasteiger partial charge in [0.1, 0.15) is 12.4 Å². The van der Waals surface area contributed by atoms with Crippen molar-refractivity contribution in [1.82, 2.24) is 8.75 Å². The topological polar surface area (TPSA) is 38.3 Å². The lowest BCUT2D eigenvalue weighted by atomic mass is 10.2.